The van der Waals surface area contributed by atoms with Crippen molar-refractivity contribution in [1.82, 2.24) is 10.6 Å². The molecule has 0 radical (unpaired) electrons. The molecule has 132 valence electrons. The second-order valence-electron chi connectivity index (χ2n) is 5.37. The van der Waals surface area contributed by atoms with Crippen LogP contribution in [-0.2, 0) is 6.42 Å². The van der Waals surface area contributed by atoms with Crippen molar-refractivity contribution in [3.63, 3.8) is 0 Å². The molecule has 0 atom stereocenters. The van der Waals surface area contributed by atoms with Crippen molar-refractivity contribution < 1.29 is 4.42 Å². The summed E-state index contributed by atoms with van der Waals surface area (Å²) >= 11 is 0. The first-order chi connectivity index (χ1) is 11.3. The third-order valence-corrected chi connectivity index (χ3v) is 3.63. The van der Waals surface area contributed by atoms with Gasteiger partial charge in [-0.2, -0.15) is 0 Å². The Morgan fingerprint density at radius 1 is 1.08 bits per heavy atom. The molecule has 0 saturated carbocycles. The molecule has 2 N–H and O–H groups in total. The highest BCUT2D eigenvalue weighted by molar-refractivity contribution is 14.0. The molecule has 24 heavy (non-hydrogen) atoms. The van der Waals surface area contributed by atoms with E-state index in [4.69, 9.17) is 4.42 Å². The lowest BCUT2D eigenvalue weighted by atomic mass is 10.3. The van der Waals surface area contributed by atoms with E-state index in [0.29, 0.717) is 0 Å². The summed E-state index contributed by atoms with van der Waals surface area (Å²) in [5.41, 5.74) is 1.24. The number of hydrogen-bond acceptors (Lipinski definition) is 3. The number of nitrogens with one attached hydrogen (secondary N) is 2. The van der Waals surface area contributed by atoms with Crippen LogP contribution in [0.5, 0.6) is 0 Å². The lowest BCUT2D eigenvalue weighted by molar-refractivity contribution is 0.506. The van der Waals surface area contributed by atoms with Crippen LogP contribution in [0.1, 0.15) is 12.2 Å². The van der Waals surface area contributed by atoms with E-state index in [1.165, 1.54) is 5.69 Å². The van der Waals surface area contributed by atoms with Crippen LogP contribution >= 0.6 is 24.0 Å². The maximum Gasteiger partial charge on any atom is 0.190 e. The Morgan fingerprint density at radius 3 is 2.50 bits per heavy atom. The van der Waals surface area contributed by atoms with E-state index < -0.39 is 0 Å². The normalized spacial score (nSPS) is 10.8. The highest BCUT2D eigenvalue weighted by atomic mass is 127. The van der Waals surface area contributed by atoms with E-state index >= 15 is 0 Å². The van der Waals surface area contributed by atoms with Gasteiger partial charge in [0.05, 0.1) is 6.26 Å². The van der Waals surface area contributed by atoms with Gasteiger partial charge >= 0.3 is 0 Å². The number of hydrogen-bond donors (Lipinski definition) is 2. The molecule has 0 bridgehead atoms. The molecular weight excluding hydrogens is 415 g/mol. The van der Waals surface area contributed by atoms with Crippen LogP contribution in [0, 0.1) is 0 Å². The van der Waals surface area contributed by atoms with Crippen LogP contribution in [0.3, 0.4) is 0 Å². The van der Waals surface area contributed by atoms with E-state index in [2.05, 4.69) is 51.8 Å². The fourth-order valence-electron chi connectivity index (χ4n) is 2.31. The molecule has 0 aliphatic heterocycles. The fourth-order valence-corrected chi connectivity index (χ4v) is 2.31. The molecular formula is C18H27IN4O. The minimum Gasteiger partial charge on any atom is -0.469 e. The summed E-state index contributed by atoms with van der Waals surface area (Å²) in [4.78, 5) is 6.49. The Hall–Kier alpha value is -1.70. The molecule has 1 aromatic heterocycles. The summed E-state index contributed by atoms with van der Waals surface area (Å²) < 4.78 is 5.31. The molecule has 2 rings (SSSR count). The Morgan fingerprint density at radius 2 is 1.83 bits per heavy atom. The van der Waals surface area contributed by atoms with Crippen LogP contribution in [0.25, 0.3) is 0 Å². The number of para-hydroxylation sites is 1. The van der Waals surface area contributed by atoms with E-state index in [1.807, 2.05) is 18.2 Å². The van der Waals surface area contributed by atoms with Gasteiger partial charge in [0.1, 0.15) is 5.76 Å². The molecule has 0 spiro atoms. The SMILES string of the molecule is CN=C(NCCCN(C)c1ccccc1)NCCc1ccco1.I. The van der Waals surface area contributed by atoms with E-state index in [9.17, 15) is 0 Å². The van der Waals surface area contributed by atoms with Crippen molar-refractivity contribution in [3.8, 4) is 0 Å². The van der Waals surface area contributed by atoms with Gasteiger partial charge in [0, 0.05) is 45.8 Å². The van der Waals surface area contributed by atoms with Crippen LogP contribution in [0.2, 0.25) is 0 Å². The third-order valence-electron chi connectivity index (χ3n) is 3.63. The highest BCUT2D eigenvalue weighted by Gasteiger charge is 2.01. The zero-order chi connectivity index (χ0) is 16.3. The van der Waals surface area contributed by atoms with E-state index in [-0.39, 0.29) is 24.0 Å². The van der Waals surface area contributed by atoms with Gasteiger partial charge in [-0.3, -0.25) is 4.99 Å². The summed E-state index contributed by atoms with van der Waals surface area (Å²) in [7, 11) is 3.91. The first-order valence-corrected chi connectivity index (χ1v) is 8.02. The summed E-state index contributed by atoms with van der Waals surface area (Å²) in [5.74, 6) is 1.82. The van der Waals surface area contributed by atoms with Crippen molar-refractivity contribution in [2.45, 2.75) is 12.8 Å². The highest BCUT2D eigenvalue weighted by Crippen LogP contribution is 2.10. The Balaban J connectivity index is 0.00000288. The number of guanidine groups is 1. The predicted molar refractivity (Wildman–Crippen MR) is 112 cm³/mol. The number of rotatable bonds is 8. The molecule has 0 unspecified atom stereocenters. The quantitative estimate of drug-likeness (QED) is 0.286. The minimum atomic E-state index is 0. The number of anilines is 1. The number of benzene rings is 1. The molecule has 0 aliphatic carbocycles. The van der Waals surface area contributed by atoms with Gasteiger partial charge in [-0.05, 0) is 30.7 Å². The monoisotopic (exact) mass is 442 g/mol. The Labute approximate surface area is 161 Å². The average Bonchev–Trinajstić information content (AvgIpc) is 3.11. The first-order valence-electron chi connectivity index (χ1n) is 8.02. The second kappa shape index (κ2) is 11.8. The van der Waals surface area contributed by atoms with Crippen LogP contribution in [0.4, 0.5) is 5.69 Å². The Bertz CT molecular complexity index is 572. The molecule has 0 saturated heterocycles. The van der Waals surface area contributed by atoms with E-state index in [1.54, 1.807) is 13.3 Å². The van der Waals surface area contributed by atoms with Crippen molar-refractivity contribution in [2.24, 2.45) is 4.99 Å². The Kier molecular flexibility index (Phi) is 9.98. The van der Waals surface area contributed by atoms with Crippen LogP contribution < -0.4 is 15.5 Å². The standard InChI is InChI=1S/C18H26N4O.HI/c1-19-18(21-13-11-17-10-6-15-23-17)20-12-7-14-22(2)16-8-4-3-5-9-16;/h3-6,8-10,15H,7,11-14H2,1-2H3,(H2,19,20,21);1H. The van der Waals surface area contributed by atoms with Gasteiger partial charge in [-0.25, -0.2) is 0 Å². The molecule has 0 amide bonds. The first kappa shape index (κ1) is 20.3. The maximum atomic E-state index is 5.31. The van der Waals surface area contributed by atoms with Crippen molar-refractivity contribution in [1.29, 1.82) is 0 Å². The smallest absolute Gasteiger partial charge is 0.190 e. The summed E-state index contributed by atoms with van der Waals surface area (Å²) in [6, 6.07) is 14.3. The van der Waals surface area contributed by atoms with Crippen molar-refractivity contribution in [3.05, 3.63) is 54.5 Å². The predicted octanol–water partition coefficient (Wildman–Crippen LogP) is 3.13. The van der Waals surface area contributed by atoms with Crippen LogP contribution in [0.15, 0.2) is 58.1 Å². The largest absolute Gasteiger partial charge is 0.469 e. The number of halogens is 1. The zero-order valence-electron chi connectivity index (χ0n) is 14.4. The van der Waals surface area contributed by atoms with Gasteiger partial charge in [0.2, 0.25) is 0 Å². The second-order valence-corrected chi connectivity index (χ2v) is 5.37. The summed E-state index contributed by atoms with van der Waals surface area (Å²) in [5, 5.41) is 6.63. The topological polar surface area (TPSA) is 52.8 Å². The molecule has 6 heteroatoms. The lowest BCUT2D eigenvalue weighted by Crippen LogP contribution is -2.39. The number of aliphatic imine (C=N–C) groups is 1. The summed E-state index contributed by atoms with van der Waals surface area (Å²) in [6.45, 7) is 2.69. The third kappa shape index (κ3) is 7.25. The zero-order valence-corrected chi connectivity index (χ0v) is 16.7. The van der Waals surface area contributed by atoms with Crippen molar-refractivity contribution in [2.75, 3.05) is 38.6 Å². The van der Waals surface area contributed by atoms with Gasteiger partial charge in [0.15, 0.2) is 5.96 Å². The maximum absolute atomic E-state index is 5.31. The van der Waals surface area contributed by atoms with Gasteiger partial charge in [0.25, 0.3) is 0 Å². The average molecular weight is 442 g/mol. The number of furan rings is 1. The molecule has 0 fully saturated rings. The van der Waals surface area contributed by atoms with Gasteiger partial charge < -0.3 is 20.0 Å². The number of nitrogens with zero attached hydrogens (tertiary/aromatic N) is 2. The molecule has 1 aromatic carbocycles. The molecule has 0 aliphatic rings. The molecule has 5 nitrogen and oxygen atoms in total. The van der Waals surface area contributed by atoms with Crippen molar-refractivity contribution >= 4 is 35.6 Å². The fraction of sp³-hybridized carbons (Fsp3) is 0.389. The van der Waals surface area contributed by atoms with Crippen LogP contribution in [-0.4, -0.2) is 39.7 Å². The minimum absolute atomic E-state index is 0. The van der Waals surface area contributed by atoms with E-state index in [0.717, 1.165) is 44.2 Å². The van der Waals surface area contributed by atoms with Gasteiger partial charge in [-0.1, -0.05) is 18.2 Å². The molecule has 1 heterocycles. The summed E-state index contributed by atoms with van der Waals surface area (Å²) in [6.07, 6.45) is 3.60. The van der Waals surface area contributed by atoms with Gasteiger partial charge in [-0.15, -0.1) is 24.0 Å². The molecule has 2 aromatic rings. The lowest BCUT2D eigenvalue weighted by Gasteiger charge is -2.19.